The molecular weight excluding hydrogens is 126 g/mol. The fraction of sp³-hybridized carbons (Fsp3) is 0.125. The highest BCUT2D eigenvalue weighted by molar-refractivity contribution is 5.51. The summed E-state index contributed by atoms with van der Waals surface area (Å²) in [6, 6.07) is 5.39. The SMILES string of the molecule is [CH2]c1cc(OC)ccc1N. The normalized spacial score (nSPS) is 9.40. The second kappa shape index (κ2) is 2.60. The molecule has 1 aromatic carbocycles. The van der Waals surface area contributed by atoms with Gasteiger partial charge in [-0.2, -0.15) is 0 Å². The van der Waals surface area contributed by atoms with E-state index in [9.17, 15) is 0 Å². The molecule has 0 aliphatic heterocycles. The monoisotopic (exact) mass is 136 g/mol. The molecule has 0 atom stereocenters. The van der Waals surface area contributed by atoms with Crippen LogP contribution in [0.2, 0.25) is 0 Å². The van der Waals surface area contributed by atoms with Crippen LogP contribution in [-0.2, 0) is 0 Å². The summed E-state index contributed by atoms with van der Waals surface area (Å²) in [7, 11) is 1.62. The number of nitrogens with two attached hydrogens (primary N) is 1. The molecule has 0 spiro atoms. The highest BCUT2D eigenvalue weighted by Gasteiger charge is 1.93. The van der Waals surface area contributed by atoms with Crippen molar-refractivity contribution in [2.45, 2.75) is 0 Å². The number of nitrogen functional groups attached to an aromatic ring is 1. The van der Waals surface area contributed by atoms with E-state index in [1.807, 2.05) is 6.07 Å². The summed E-state index contributed by atoms with van der Waals surface area (Å²) >= 11 is 0. The molecule has 0 fully saturated rings. The fourth-order valence-electron chi connectivity index (χ4n) is 0.709. The van der Waals surface area contributed by atoms with Crippen molar-refractivity contribution in [3.63, 3.8) is 0 Å². The average molecular weight is 136 g/mol. The quantitative estimate of drug-likeness (QED) is 0.593. The number of rotatable bonds is 1. The Balaban J connectivity index is 3.04. The molecule has 0 aliphatic carbocycles. The third-order valence-electron chi connectivity index (χ3n) is 1.35. The maximum Gasteiger partial charge on any atom is 0.119 e. The van der Waals surface area contributed by atoms with Crippen LogP contribution in [0, 0.1) is 6.92 Å². The van der Waals surface area contributed by atoms with Crippen LogP contribution in [0.4, 0.5) is 5.69 Å². The Kier molecular flexibility index (Phi) is 1.81. The van der Waals surface area contributed by atoms with E-state index in [1.165, 1.54) is 0 Å². The van der Waals surface area contributed by atoms with Crippen molar-refractivity contribution in [3.05, 3.63) is 30.7 Å². The summed E-state index contributed by atoms with van der Waals surface area (Å²) in [6.45, 7) is 3.72. The molecule has 0 aromatic heterocycles. The Morgan fingerprint density at radius 3 is 2.70 bits per heavy atom. The lowest BCUT2D eigenvalue weighted by atomic mass is 10.2. The first-order valence-electron chi connectivity index (χ1n) is 2.99. The molecule has 0 aliphatic rings. The molecule has 1 radical (unpaired) electrons. The van der Waals surface area contributed by atoms with E-state index in [0.29, 0.717) is 5.69 Å². The molecule has 53 valence electrons. The molecule has 0 amide bonds. The first-order valence-corrected chi connectivity index (χ1v) is 2.99. The van der Waals surface area contributed by atoms with Gasteiger partial charge in [-0.25, -0.2) is 0 Å². The van der Waals surface area contributed by atoms with E-state index in [2.05, 4.69) is 6.92 Å². The largest absolute Gasteiger partial charge is 0.497 e. The van der Waals surface area contributed by atoms with Crippen LogP contribution in [0.1, 0.15) is 5.56 Å². The molecule has 10 heavy (non-hydrogen) atoms. The van der Waals surface area contributed by atoms with Gasteiger partial charge >= 0.3 is 0 Å². The number of anilines is 1. The minimum Gasteiger partial charge on any atom is -0.497 e. The molecule has 0 saturated carbocycles. The predicted octanol–water partition coefficient (Wildman–Crippen LogP) is 1.46. The standard InChI is InChI=1S/C8H10NO/c1-6-5-7(10-2)3-4-8(6)9/h3-5H,1,9H2,2H3. The van der Waals surface area contributed by atoms with Crippen LogP contribution in [0.3, 0.4) is 0 Å². The molecule has 0 unspecified atom stereocenters. The topological polar surface area (TPSA) is 35.2 Å². The van der Waals surface area contributed by atoms with E-state index in [1.54, 1.807) is 19.2 Å². The van der Waals surface area contributed by atoms with Crippen molar-refractivity contribution < 1.29 is 4.74 Å². The van der Waals surface area contributed by atoms with Gasteiger partial charge in [-0.1, -0.05) is 0 Å². The van der Waals surface area contributed by atoms with Crippen LogP contribution in [-0.4, -0.2) is 7.11 Å². The van der Waals surface area contributed by atoms with Crippen molar-refractivity contribution >= 4 is 5.69 Å². The summed E-state index contributed by atoms with van der Waals surface area (Å²) in [5.74, 6) is 0.791. The van der Waals surface area contributed by atoms with Crippen molar-refractivity contribution in [3.8, 4) is 5.75 Å². The van der Waals surface area contributed by atoms with Gasteiger partial charge in [-0.05, 0) is 30.7 Å². The van der Waals surface area contributed by atoms with E-state index in [-0.39, 0.29) is 0 Å². The highest BCUT2D eigenvalue weighted by atomic mass is 16.5. The first kappa shape index (κ1) is 6.93. The molecule has 0 heterocycles. The second-order valence-electron chi connectivity index (χ2n) is 2.06. The minimum absolute atomic E-state index is 0.695. The zero-order chi connectivity index (χ0) is 7.56. The molecule has 2 N–H and O–H groups in total. The molecule has 0 bridgehead atoms. The van der Waals surface area contributed by atoms with Crippen molar-refractivity contribution in [2.24, 2.45) is 0 Å². The minimum atomic E-state index is 0.695. The number of methoxy groups -OCH3 is 1. The predicted molar refractivity (Wildman–Crippen MR) is 41.9 cm³/mol. The maximum atomic E-state index is 5.53. The summed E-state index contributed by atoms with van der Waals surface area (Å²) in [4.78, 5) is 0. The van der Waals surface area contributed by atoms with E-state index >= 15 is 0 Å². The van der Waals surface area contributed by atoms with Gasteiger partial charge < -0.3 is 10.5 Å². The van der Waals surface area contributed by atoms with Crippen molar-refractivity contribution in [2.75, 3.05) is 12.8 Å². The molecule has 0 saturated heterocycles. The zero-order valence-corrected chi connectivity index (χ0v) is 5.92. The lowest BCUT2D eigenvalue weighted by molar-refractivity contribution is 0.414. The third-order valence-corrected chi connectivity index (χ3v) is 1.35. The van der Waals surface area contributed by atoms with Gasteiger partial charge in [-0.15, -0.1) is 0 Å². The zero-order valence-electron chi connectivity index (χ0n) is 5.92. The lowest BCUT2D eigenvalue weighted by Gasteiger charge is -2.02. The van der Waals surface area contributed by atoms with Crippen molar-refractivity contribution in [1.82, 2.24) is 0 Å². The average Bonchev–Trinajstić information content (AvgIpc) is 1.95. The van der Waals surface area contributed by atoms with Crippen LogP contribution < -0.4 is 10.5 Å². The van der Waals surface area contributed by atoms with E-state index in [0.717, 1.165) is 11.3 Å². The third kappa shape index (κ3) is 1.21. The van der Waals surface area contributed by atoms with Gasteiger partial charge in [-0.3, -0.25) is 0 Å². The first-order chi connectivity index (χ1) is 4.74. The Morgan fingerprint density at radius 1 is 1.50 bits per heavy atom. The van der Waals surface area contributed by atoms with Crippen molar-refractivity contribution in [1.29, 1.82) is 0 Å². The smallest absolute Gasteiger partial charge is 0.119 e. The molecule has 2 nitrogen and oxygen atoms in total. The summed E-state index contributed by atoms with van der Waals surface area (Å²) in [5, 5.41) is 0. The fourth-order valence-corrected chi connectivity index (χ4v) is 0.709. The molecule has 1 rings (SSSR count). The number of ether oxygens (including phenoxy) is 1. The Morgan fingerprint density at radius 2 is 2.20 bits per heavy atom. The number of benzene rings is 1. The van der Waals surface area contributed by atoms with Gasteiger partial charge in [0.25, 0.3) is 0 Å². The lowest BCUT2D eigenvalue weighted by Crippen LogP contribution is -1.90. The number of hydrogen-bond acceptors (Lipinski definition) is 2. The summed E-state index contributed by atoms with van der Waals surface area (Å²) < 4.78 is 4.95. The van der Waals surface area contributed by atoms with Gasteiger partial charge in [0.2, 0.25) is 0 Å². The molecule has 2 heteroatoms. The summed E-state index contributed by atoms with van der Waals surface area (Å²) in [5.41, 5.74) is 7.03. The molecule has 1 aromatic rings. The van der Waals surface area contributed by atoms with Crippen LogP contribution in [0.5, 0.6) is 5.75 Å². The van der Waals surface area contributed by atoms with Crippen LogP contribution in [0.15, 0.2) is 18.2 Å². The maximum absolute atomic E-state index is 5.53. The second-order valence-corrected chi connectivity index (χ2v) is 2.06. The van der Waals surface area contributed by atoms with Crippen LogP contribution in [0.25, 0.3) is 0 Å². The number of hydrogen-bond donors (Lipinski definition) is 1. The highest BCUT2D eigenvalue weighted by Crippen LogP contribution is 2.17. The van der Waals surface area contributed by atoms with Gasteiger partial charge in [0.1, 0.15) is 5.75 Å². The summed E-state index contributed by atoms with van der Waals surface area (Å²) in [6.07, 6.45) is 0. The Bertz CT molecular complexity index is 233. The van der Waals surface area contributed by atoms with Gasteiger partial charge in [0.05, 0.1) is 7.11 Å². The van der Waals surface area contributed by atoms with Crippen LogP contribution >= 0.6 is 0 Å². The van der Waals surface area contributed by atoms with Gasteiger partial charge in [0.15, 0.2) is 0 Å². The van der Waals surface area contributed by atoms with E-state index < -0.39 is 0 Å². The van der Waals surface area contributed by atoms with Gasteiger partial charge in [0, 0.05) is 5.69 Å². The molecular formula is C8H10NO. The Hall–Kier alpha value is -1.18. The van der Waals surface area contributed by atoms with E-state index in [4.69, 9.17) is 10.5 Å². The Labute approximate surface area is 60.6 Å².